The third kappa shape index (κ3) is 14.2. The summed E-state index contributed by atoms with van der Waals surface area (Å²) in [5.41, 5.74) is 10.0. The molecule has 0 radical (unpaired) electrons. The number of rotatable bonds is 9. The molecule has 0 spiro atoms. The summed E-state index contributed by atoms with van der Waals surface area (Å²) in [5.74, 6) is 2.42. The Morgan fingerprint density at radius 2 is 1.10 bits per heavy atom. The minimum atomic E-state index is 0. The van der Waals surface area contributed by atoms with Crippen LogP contribution in [0.2, 0.25) is 0 Å². The molecule has 0 aliphatic carbocycles. The van der Waals surface area contributed by atoms with Gasteiger partial charge in [-0.3, -0.25) is 0 Å². The molecule has 5 aromatic carbocycles. The number of hydrogen-bond acceptors (Lipinski definition) is 0. The number of aryl methyl sites for hydroxylation is 2. The van der Waals surface area contributed by atoms with E-state index in [1.807, 2.05) is 9.85 Å². The maximum Gasteiger partial charge on any atom is 4.00 e. The monoisotopic (exact) mass is 748 g/mol. The van der Waals surface area contributed by atoms with Crippen molar-refractivity contribution in [1.29, 1.82) is 0 Å². The van der Waals surface area contributed by atoms with E-state index >= 15 is 0 Å². The van der Waals surface area contributed by atoms with E-state index in [0.29, 0.717) is 23.7 Å². The summed E-state index contributed by atoms with van der Waals surface area (Å²) in [4.78, 5) is 0. The third-order valence-electron chi connectivity index (χ3n) is 8.89. The van der Waals surface area contributed by atoms with Crippen molar-refractivity contribution in [1.82, 2.24) is 0 Å². The van der Waals surface area contributed by atoms with Crippen LogP contribution in [0.15, 0.2) is 78.9 Å². The number of benzene rings is 3. The van der Waals surface area contributed by atoms with Gasteiger partial charge in [-0.1, -0.05) is 159 Å². The second kappa shape index (κ2) is 22.6. The van der Waals surface area contributed by atoms with Crippen molar-refractivity contribution >= 4 is 36.6 Å². The molecular formula is C47H66SiZr. The quantitative estimate of drug-likeness (QED) is 0.104. The smallest absolute Gasteiger partial charge is 0.343 e. The summed E-state index contributed by atoms with van der Waals surface area (Å²) in [6, 6.07) is 29.3. The van der Waals surface area contributed by atoms with Crippen LogP contribution in [0, 0.1) is 27.2 Å². The zero-order valence-electron chi connectivity index (χ0n) is 33.1. The van der Waals surface area contributed by atoms with Crippen LogP contribution in [0.5, 0.6) is 0 Å². The van der Waals surface area contributed by atoms with Gasteiger partial charge in [0.15, 0.2) is 0 Å². The molecule has 0 bridgehead atoms. The predicted molar refractivity (Wildman–Crippen MR) is 223 cm³/mol. The van der Waals surface area contributed by atoms with Gasteiger partial charge >= 0.3 is 26.2 Å². The summed E-state index contributed by atoms with van der Waals surface area (Å²) in [5, 5.41) is 7.21. The van der Waals surface area contributed by atoms with Crippen molar-refractivity contribution < 1.29 is 26.2 Å². The molecule has 0 unspecified atom stereocenters. The second-order valence-corrected chi connectivity index (χ2v) is 15.5. The Hall–Kier alpha value is -2.15. The van der Waals surface area contributed by atoms with E-state index in [4.69, 9.17) is 0 Å². The molecule has 0 aromatic heterocycles. The van der Waals surface area contributed by atoms with Crippen molar-refractivity contribution in [3.63, 3.8) is 0 Å². The van der Waals surface area contributed by atoms with Gasteiger partial charge in [0.1, 0.15) is 0 Å². The van der Waals surface area contributed by atoms with E-state index in [1.54, 1.807) is 0 Å². The molecule has 0 nitrogen and oxygen atoms in total. The van der Waals surface area contributed by atoms with Gasteiger partial charge in [-0.05, 0) is 39.1 Å². The summed E-state index contributed by atoms with van der Waals surface area (Å²) in [6.45, 7) is 30.4. The van der Waals surface area contributed by atoms with Gasteiger partial charge < -0.3 is 13.3 Å². The topological polar surface area (TPSA) is 0 Å². The Morgan fingerprint density at radius 3 is 1.43 bits per heavy atom. The van der Waals surface area contributed by atoms with Gasteiger partial charge in [-0.15, -0.1) is 56.9 Å². The Balaban J connectivity index is 0.000000348. The van der Waals surface area contributed by atoms with Gasteiger partial charge in [-0.2, -0.15) is 31.9 Å². The Bertz CT molecular complexity index is 1560. The van der Waals surface area contributed by atoms with Crippen LogP contribution < -0.4 is 0 Å². The number of hydrogen-bond donors (Lipinski definition) is 0. The standard InChI is InChI=1S/2C16H21.C11H15Si.C4H9.Zr/c2*1-10(2)13-8-14-6-12(5)7-16(14)15(9-13)11(3)4;1-2-3-9-11(12)10-7-5-4-6-8-10;1-3-4-2;/h2*6-11H,1-5H3;2,4-8H,3,9,12H2,1H3;1,3-4H2,2H3;/q4*-1;+4. The third-order valence-corrected chi connectivity index (χ3v) is 9.65. The molecule has 0 aliphatic rings. The summed E-state index contributed by atoms with van der Waals surface area (Å²) in [6.07, 6.45) is 6.88. The van der Waals surface area contributed by atoms with E-state index in [9.17, 15) is 0 Å². The van der Waals surface area contributed by atoms with E-state index in [-0.39, 0.29) is 26.2 Å². The molecule has 2 heteroatoms. The first-order valence-corrected chi connectivity index (χ1v) is 19.2. The fourth-order valence-electron chi connectivity index (χ4n) is 5.81. The van der Waals surface area contributed by atoms with Crippen LogP contribution in [0.3, 0.4) is 0 Å². The minimum absolute atomic E-state index is 0. The molecule has 0 N–H and O–H groups in total. The molecule has 49 heavy (non-hydrogen) atoms. The molecular weight excluding hydrogens is 684 g/mol. The Kier molecular flexibility index (Phi) is 20.7. The molecule has 0 heterocycles. The molecule has 5 rings (SSSR count). The molecule has 0 amide bonds. The molecule has 0 fully saturated rings. The van der Waals surface area contributed by atoms with Crippen molar-refractivity contribution in [2.45, 2.75) is 132 Å². The molecule has 0 atom stereocenters. The Labute approximate surface area is 324 Å². The Morgan fingerprint density at radius 1 is 0.694 bits per heavy atom. The van der Waals surface area contributed by atoms with E-state index in [2.05, 4.69) is 175 Å². The summed E-state index contributed by atoms with van der Waals surface area (Å²) < 4.78 is 0. The van der Waals surface area contributed by atoms with Crippen molar-refractivity contribution in [3.05, 3.63) is 131 Å². The zero-order valence-corrected chi connectivity index (χ0v) is 37.0. The van der Waals surface area contributed by atoms with E-state index < -0.39 is 0 Å². The zero-order chi connectivity index (χ0) is 36.0. The van der Waals surface area contributed by atoms with Gasteiger partial charge in [0.25, 0.3) is 0 Å². The first-order chi connectivity index (χ1) is 22.7. The van der Waals surface area contributed by atoms with Crippen LogP contribution >= 0.6 is 0 Å². The first kappa shape index (κ1) is 44.9. The summed E-state index contributed by atoms with van der Waals surface area (Å²) >= 11 is 0. The van der Waals surface area contributed by atoms with Crippen molar-refractivity contribution in [2.24, 2.45) is 0 Å². The number of unbranched alkanes of at least 4 members (excludes halogenated alkanes) is 2. The maximum atomic E-state index is 3.60. The maximum absolute atomic E-state index is 3.60. The van der Waals surface area contributed by atoms with E-state index in [1.165, 1.54) is 84.9 Å². The van der Waals surface area contributed by atoms with Crippen LogP contribution in [0.4, 0.5) is 0 Å². The van der Waals surface area contributed by atoms with Crippen LogP contribution in [-0.2, 0) is 26.2 Å². The summed E-state index contributed by atoms with van der Waals surface area (Å²) in [7, 11) is 2.00. The van der Waals surface area contributed by atoms with Gasteiger partial charge in [0.2, 0.25) is 0 Å². The van der Waals surface area contributed by atoms with Crippen molar-refractivity contribution in [3.8, 4) is 0 Å². The average Bonchev–Trinajstić information content (AvgIpc) is 3.63. The second-order valence-electron chi connectivity index (χ2n) is 14.7. The van der Waals surface area contributed by atoms with Gasteiger partial charge in [0, 0.05) is 0 Å². The van der Waals surface area contributed by atoms with Gasteiger partial charge in [-0.25, -0.2) is 0 Å². The van der Waals surface area contributed by atoms with Crippen LogP contribution in [0.1, 0.15) is 158 Å². The number of fused-ring (bicyclic) bond motifs is 2. The molecule has 0 saturated carbocycles. The molecule has 0 saturated heterocycles. The van der Waals surface area contributed by atoms with Crippen LogP contribution in [0.25, 0.3) is 21.5 Å². The first-order valence-electron chi connectivity index (χ1n) is 18.5. The predicted octanol–water partition coefficient (Wildman–Crippen LogP) is 13.7. The fraction of sp³-hybridized carbons (Fsp3) is 0.426. The minimum Gasteiger partial charge on any atom is -0.343 e. The van der Waals surface area contributed by atoms with Crippen molar-refractivity contribution in [2.75, 3.05) is 0 Å². The normalized spacial score (nSPS) is 10.8. The fourth-order valence-corrected chi connectivity index (χ4v) is 6.25. The van der Waals surface area contributed by atoms with Crippen LogP contribution in [-0.4, -0.2) is 15.0 Å². The molecule has 0 aliphatic heterocycles. The molecule has 5 aromatic rings. The largest absolute Gasteiger partial charge is 4.00 e. The van der Waals surface area contributed by atoms with E-state index in [0.717, 1.165) is 6.42 Å². The average molecular weight is 750 g/mol. The molecule has 262 valence electrons. The SMILES string of the molecule is C[CH-]CCC(=[SiH2])c1ccccc1.Cc1cc2c(C(C)C)cc(C(C)C)cc2[cH-]1.Cc1cc2c(C(C)C)cc(C(C)C)cc2[cH-]1.[CH2-]CCC.[Zr+4]. The van der Waals surface area contributed by atoms with Gasteiger partial charge in [0.05, 0.1) is 0 Å².